The maximum Gasteiger partial charge on any atom is 0.290 e. The second-order valence-corrected chi connectivity index (χ2v) is 8.52. The van der Waals surface area contributed by atoms with Gasteiger partial charge in [-0.3, -0.25) is 14.4 Å². The number of aliphatic hydroxyl groups is 2. The number of para-hydroxylation sites is 1. The van der Waals surface area contributed by atoms with Crippen molar-refractivity contribution in [2.24, 2.45) is 0 Å². The SMILES string of the molecule is CCCCCCN(C(=O)C(=O)CC)C1C=C(C(=O)NCCO)C2c3ccccc3OC2C1O. The Hall–Kier alpha value is -2.71. The molecule has 1 aliphatic heterocycles. The molecule has 2 aliphatic rings. The normalized spacial score (nSPS) is 23.1. The van der Waals surface area contributed by atoms with Gasteiger partial charge in [0.15, 0.2) is 0 Å². The van der Waals surface area contributed by atoms with Crippen LogP contribution in [0.15, 0.2) is 35.9 Å². The first-order valence-corrected chi connectivity index (χ1v) is 11.8. The van der Waals surface area contributed by atoms with E-state index in [0.717, 1.165) is 24.8 Å². The van der Waals surface area contributed by atoms with E-state index in [1.165, 1.54) is 4.90 Å². The van der Waals surface area contributed by atoms with Gasteiger partial charge in [0, 0.05) is 30.6 Å². The lowest BCUT2D eigenvalue weighted by molar-refractivity contribution is -0.148. The second kappa shape index (κ2) is 11.4. The molecule has 8 heteroatoms. The molecule has 0 aromatic heterocycles. The highest BCUT2D eigenvalue weighted by atomic mass is 16.5. The number of fused-ring (bicyclic) bond motifs is 3. The topological polar surface area (TPSA) is 116 Å². The van der Waals surface area contributed by atoms with Crippen LogP contribution in [-0.2, 0) is 14.4 Å². The number of Topliss-reactive ketones (excluding diaryl/α,β-unsaturated/α-hetero) is 1. The van der Waals surface area contributed by atoms with Crippen molar-refractivity contribution in [1.29, 1.82) is 0 Å². The molecule has 0 radical (unpaired) electrons. The number of ether oxygens (including phenoxy) is 1. The van der Waals surface area contributed by atoms with Gasteiger partial charge in [-0.2, -0.15) is 0 Å². The van der Waals surface area contributed by atoms with E-state index in [2.05, 4.69) is 12.2 Å². The Morgan fingerprint density at radius 3 is 2.58 bits per heavy atom. The zero-order chi connectivity index (χ0) is 24.0. The van der Waals surface area contributed by atoms with Gasteiger partial charge in [-0.05, 0) is 18.6 Å². The van der Waals surface area contributed by atoms with E-state index in [1.54, 1.807) is 19.1 Å². The summed E-state index contributed by atoms with van der Waals surface area (Å²) < 4.78 is 6.05. The number of hydrogen-bond donors (Lipinski definition) is 3. The van der Waals surface area contributed by atoms with Crippen LogP contribution in [0.2, 0.25) is 0 Å². The average molecular weight is 459 g/mol. The lowest BCUT2D eigenvalue weighted by Gasteiger charge is -2.40. The zero-order valence-corrected chi connectivity index (χ0v) is 19.3. The number of nitrogens with one attached hydrogen (secondary N) is 1. The molecular formula is C25H34N2O6. The lowest BCUT2D eigenvalue weighted by Crippen LogP contribution is -2.57. The Balaban J connectivity index is 1.99. The highest BCUT2D eigenvalue weighted by molar-refractivity contribution is 6.36. The van der Waals surface area contributed by atoms with E-state index in [4.69, 9.17) is 9.84 Å². The third-order valence-electron chi connectivity index (χ3n) is 6.31. The minimum absolute atomic E-state index is 0.0641. The third kappa shape index (κ3) is 5.28. The van der Waals surface area contributed by atoms with Crippen LogP contribution >= 0.6 is 0 Å². The largest absolute Gasteiger partial charge is 0.486 e. The smallest absolute Gasteiger partial charge is 0.290 e. The van der Waals surface area contributed by atoms with Gasteiger partial charge in [-0.25, -0.2) is 0 Å². The molecule has 0 saturated heterocycles. The van der Waals surface area contributed by atoms with Crippen molar-refractivity contribution in [2.45, 2.75) is 70.1 Å². The molecule has 180 valence electrons. The summed E-state index contributed by atoms with van der Waals surface area (Å²) in [5.41, 5.74) is 1.15. The van der Waals surface area contributed by atoms with E-state index >= 15 is 0 Å². The fourth-order valence-corrected chi connectivity index (χ4v) is 4.60. The number of unbranched alkanes of at least 4 members (excludes halogenated alkanes) is 3. The van der Waals surface area contributed by atoms with Crippen LogP contribution in [0.3, 0.4) is 0 Å². The Morgan fingerprint density at radius 2 is 1.88 bits per heavy atom. The standard InChI is InChI=1S/C25H34N2O6/c1-3-5-6-9-13-27(25(32)19(29)4-2)18-15-17(24(31)26-12-14-28)21-16-10-7-8-11-20(16)33-23(21)22(18)30/h7-8,10-11,15,18,21-23,28,30H,3-6,9,12-14H2,1-2H3,(H,26,31). The van der Waals surface area contributed by atoms with E-state index < -0.39 is 41.8 Å². The maximum absolute atomic E-state index is 13.0. The van der Waals surface area contributed by atoms with Crippen molar-refractivity contribution >= 4 is 17.6 Å². The van der Waals surface area contributed by atoms with Gasteiger partial charge in [-0.15, -0.1) is 0 Å². The first-order chi connectivity index (χ1) is 15.9. The maximum atomic E-state index is 13.0. The van der Waals surface area contributed by atoms with Crippen LogP contribution in [0.25, 0.3) is 0 Å². The van der Waals surface area contributed by atoms with Gasteiger partial charge in [0.25, 0.3) is 5.91 Å². The molecule has 8 nitrogen and oxygen atoms in total. The van der Waals surface area contributed by atoms with Gasteiger partial charge < -0.3 is 25.2 Å². The summed E-state index contributed by atoms with van der Waals surface area (Å²) in [7, 11) is 0. The van der Waals surface area contributed by atoms with Crippen LogP contribution in [0.5, 0.6) is 5.75 Å². The van der Waals surface area contributed by atoms with E-state index in [0.29, 0.717) is 24.3 Å². The molecule has 1 aliphatic carbocycles. The predicted octanol–water partition coefficient (Wildman–Crippen LogP) is 1.70. The predicted molar refractivity (Wildman–Crippen MR) is 123 cm³/mol. The number of aliphatic hydroxyl groups excluding tert-OH is 2. The molecule has 0 saturated carbocycles. The summed E-state index contributed by atoms with van der Waals surface area (Å²) in [4.78, 5) is 39.8. The molecule has 0 spiro atoms. The fourth-order valence-electron chi connectivity index (χ4n) is 4.60. The van der Waals surface area contributed by atoms with Crippen molar-refractivity contribution in [3.8, 4) is 5.75 Å². The number of nitrogens with zero attached hydrogens (tertiary/aromatic N) is 1. The van der Waals surface area contributed by atoms with Gasteiger partial charge >= 0.3 is 0 Å². The summed E-state index contributed by atoms with van der Waals surface area (Å²) in [5.74, 6) is -1.51. The Bertz CT molecular complexity index is 899. The van der Waals surface area contributed by atoms with Crippen molar-refractivity contribution in [3.63, 3.8) is 0 Å². The molecule has 0 bridgehead atoms. The van der Waals surface area contributed by atoms with Crippen LogP contribution in [-0.4, -0.2) is 70.7 Å². The minimum atomic E-state index is -1.11. The first-order valence-electron chi connectivity index (χ1n) is 11.8. The average Bonchev–Trinajstić information content (AvgIpc) is 3.22. The zero-order valence-electron chi connectivity index (χ0n) is 19.3. The molecule has 3 rings (SSSR count). The number of benzene rings is 1. The van der Waals surface area contributed by atoms with Crippen LogP contribution in [0.1, 0.15) is 57.4 Å². The Morgan fingerprint density at radius 1 is 1.12 bits per heavy atom. The molecule has 4 atom stereocenters. The summed E-state index contributed by atoms with van der Waals surface area (Å²) >= 11 is 0. The highest BCUT2D eigenvalue weighted by Crippen LogP contribution is 2.47. The molecule has 3 N–H and O–H groups in total. The molecule has 1 aromatic rings. The first kappa shape index (κ1) is 24.9. The number of carbonyl (C=O) groups excluding carboxylic acids is 3. The number of hydrogen-bond acceptors (Lipinski definition) is 6. The van der Waals surface area contributed by atoms with Crippen molar-refractivity contribution < 1.29 is 29.3 Å². The molecule has 2 amide bonds. The number of amides is 2. The van der Waals surface area contributed by atoms with Crippen molar-refractivity contribution in [2.75, 3.05) is 19.7 Å². The van der Waals surface area contributed by atoms with Gasteiger partial charge in [0.2, 0.25) is 11.7 Å². The summed E-state index contributed by atoms with van der Waals surface area (Å²) in [6.07, 6.45) is 3.40. The van der Waals surface area contributed by atoms with Crippen LogP contribution in [0, 0.1) is 0 Å². The van der Waals surface area contributed by atoms with Crippen LogP contribution < -0.4 is 10.1 Å². The summed E-state index contributed by atoms with van der Waals surface area (Å²) in [6, 6.07) is 6.43. The van der Waals surface area contributed by atoms with Gasteiger partial charge in [0.1, 0.15) is 18.0 Å². The second-order valence-electron chi connectivity index (χ2n) is 8.52. The molecule has 0 fully saturated rings. The van der Waals surface area contributed by atoms with E-state index in [-0.39, 0.29) is 19.6 Å². The number of ketones is 1. The molecule has 33 heavy (non-hydrogen) atoms. The molecule has 1 aromatic carbocycles. The Kier molecular flexibility index (Phi) is 8.63. The molecule has 4 unspecified atom stereocenters. The van der Waals surface area contributed by atoms with Crippen LogP contribution in [0.4, 0.5) is 0 Å². The number of rotatable bonds is 11. The quantitative estimate of drug-likeness (QED) is 0.343. The molecular weight excluding hydrogens is 424 g/mol. The monoisotopic (exact) mass is 458 g/mol. The van der Waals surface area contributed by atoms with E-state index in [9.17, 15) is 19.5 Å². The van der Waals surface area contributed by atoms with Gasteiger partial charge in [-0.1, -0.05) is 51.3 Å². The lowest BCUT2D eigenvalue weighted by atomic mass is 9.77. The fraction of sp³-hybridized carbons (Fsp3) is 0.560. The van der Waals surface area contributed by atoms with Crippen molar-refractivity contribution in [1.82, 2.24) is 10.2 Å². The van der Waals surface area contributed by atoms with E-state index in [1.807, 2.05) is 18.2 Å². The third-order valence-corrected chi connectivity index (χ3v) is 6.31. The molecule has 1 heterocycles. The van der Waals surface area contributed by atoms with Gasteiger partial charge in [0.05, 0.1) is 18.6 Å². The number of carbonyl (C=O) groups is 3. The summed E-state index contributed by atoms with van der Waals surface area (Å²) in [6.45, 7) is 3.89. The minimum Gasteiger partial charge on any atom is -0.486 e. The summed E-state index contributed by atoms with van der Waals surface area (Å²) in [5, 5.41) is 23.1. The van der Waals surface area contributed by atoms with Crippen molar-refractivity contribution in [3.05, 3.63) is 41.5 Å². The highest BCUT2D eigenvalue weighted by Gasteiger charge is 2.50. The Labute approximate surface area is 194 Å².